The lowest BCUT2D eigenvalue weighted by molar-refractivity contribution is 0.325. The van der Waals surface area contributed by atoms with Gasteiger partial charge < -0.3 is 4.90 Å². The summed E-state index contributed by atoms with van der Waals surface area (Å²) in [6, 6.07) is 0. The molecule has 104 valence electrons. The van der Waals surface area contributed by atoms with Crippen molar-refractivity contribution in [2.24, 2.45) is 0 Å². The molecule has 0 aliphatic carbocycles. The maximum atomic E-state index is 4.24. The van der Waals surface area contributed by atoms with Crippen molar-refractivity contribution in [3.63, 3.8) is 0 Å². The van der Waals surface area contributed by atoms with Crippen LogP contribution < -0.4 is 0 Å². The van der Waals surface area contributed by atoms with Crippen LogP contribution in [-0.2, 0) is 6.42 Å². The number of H-pyrrole nitrogens is 1. The number of aryl methyl sites for hydroxylation is 2. The van der Waals surface area contributed by atoms with Gasteiger partial charge in [-0.2, -0.15) is 16.9 Å². The highest BCUT2D eigenvalue weighted by Crippen LogP contribution is 2.13. The standard InChI is InChI=1S/C14H27N3S/c1-11(18-5)8-10-17(4)9-6-7-14-12(2)15-16-13(14)3/h11H,6-10H2,1-5H3,(H,15,16)/t11-/m0/s1. The molecule has 1 aromatic heterocycles. The predicted molar refractivity (Wildman–Crippen MR) is 81.5 cm³/mol. The molecule has 0 aliphatic heterocycles. The maximum Gasteiger partial charge on any atom is 0.0625 e. The molecule has 0 saturated carbocycles. The molecular formula is C14H27N3S. The van der Waals surface area contributed by atoms with Crippen LogP contribution in [0.5, 0.6) is 0 Å². The molecule has 0 radical (unpaired) electrons. The number of aromatic amines is 1. The number of rotatable bonds is 8. The summed E-state index contributed by atoms with van der Waals surface area (Å²) in [6.45, 7) is 8.87. The van der Waals surface area contributed by atoms with Gasteiger partial charge in [0.2, 0.25) is 0 Å². The topological polar surface area (TPSA) is 31.9 Å². The fourth-order valence-corrected chi connectivity index (χ4v) is 2.44. The molecule has 1 N–H and O–H groups in total. The minimum absolute atomic E-state index is 0.769. The summed E-state index contributed by atoms with van der Waals surface area (Å²) < 4.78 is 0. The van der Waals surface area contributed by atoms with Crippen LogP contribution in [0.2, 0.25) is 0 Å². The van der Waals surface area contributed by atoms with E-state index >= 15 is 0 Å². The highest BCUT2D eigenvalue weighted by atomic mass is 32.2. The number of aromatic nitrogens is 2. The first-order chi connectivity index (χ1) is 8.54. The second-order valence-corrected chi connectivity index (χ2v) is 6.43. The smallest absolute Gasteiger partial charge is 0.0625 e. The largest absolute Gasteiger partial charge is 0.306 e. The molecule has 0 unspecified atom stereocenters. The minimum Gasteiger partial charge on any atom is -0.306 e. The van der Waals surface area contributed by atoms with E-state index in [1.165, 1.54) is 37.2 Å². The average molecular weight is 269 g/mol. The number of thioether (sulfide) groups is 1. The van der Waals surface area contributed by atoms with Gasteiger partial charge >= 0.3 is 0 Å². The van der Waals surface area contributed by atoms with Crippen LogP contribution in [0.1, 0.15) is 36.7 Å². The minimum atomic E-state index is 0.769. The van der Waals surface area contributed by atoms with Crippen molar-refractivity contribution in [2.45, 2.75) is 45.3 Å². The van der Waals surface area contributed by atoms with E-state index in [2.05, 4.69) is 49.2 Å². The molecule has 1 atom stereocenters. The molecule has 0 amide bonds. The third kappa shape index (κ3) is 5.02. The predicted octanol–water partition coefficient (Wildman–Crippen LogP) is 3.03. The molecule has 0 fully saturated rings. The van der Waals surface area contributed by atoms with Gasteiger partial charge in [0.25, 0.3) is 0 Å². The third-order valence-corrected chi connectivity index (χ3v) is 4.61. The first-order valence-corrected chi connectivity index (χ1v) is 8.05. The average Bonchev–Trinajstić information content (AvgIpc) is 2.67. The van der Waals surface area contributed by atoms with Gasteiger partial charge in [-0.05, 0) is 65.1 Å². The van der Waals surface area contributed by atoms with E-state index in [1.54, 1.807) is 0 Å². The van der Waals surface area contributed by atoms with Crippen LogP contribution in [-0.4, -0.2) is 46.7 Å². The fourth-order valence-electron chi connectivity index (χ4n) is 2.10. The van der Waals surface area contributed by atoms with Crippen molar-refractivity contribution < 1.29 is 0 Å². The van der Waals surface area contributed by atoms with E-state index in [-0.39, 0.29) is 0 Å². The Kier molecular flexibility index (Phi) is 6.79. The molecule has 1 heterocycles. The molecule has 0 aromatic carbocycles. The van der Waals surface area contributed by atoms with E-state index < -0.39 is 0 Å². The summed E-state index contributed by atoms with van der Waals surface area (Å²) >= 11 is 1.95. The molecular weight excluding hydrogens is 242 g/mol. The van der Waals surface area contributed by atoms with Crippen molar-refractivity contribution >= 4 is 11.8 Å². The molecule has 1 aromatic rings. The maximum absolute atomic E-state index is 4.24. The van der Waals surface area contributed by atoms with Crippen LogP contribution in [0.15, 0.2) is 0 Å². The van der Waals surface area contributed by atoms with Gasteiger partial charge in [0.05, 0.1) is 5.69 Å². The Hall–Kier alpha value is -0.480. The number of hydrogen-bond acceptors (Lipinski definition) is 3. The monoisotopic (exact) mass is 269 g/mol. The van der Waals surface area contributed by atoms with Crippen LogP contribution in [0.4, 0.5) is 0 Å². The number of nitrogens with zero attached hydrogens (tertiary/aromatic N) is 2. The normalized spacial score (nSPS) is 13.2. The van der Waals surface area contributed by atoms with E-state index in [9.17, 15) is 0 Å². The highest BCUT2D eigenvalue weighted by molar-refractivity contribution is 7.99. The summed E-state index contributed by atoms with van der Waals surface area (Å²) in [5.74, 6) is 0. The van der Waals surface area contributed by atoms with Gasteiger partial charge in [-0.3, -0.25) is 5.10 Å². The summed E-state index contributed by atoms with van der Waals surface area (Å²) in [4.78, 5) is 2.44. The van der Waals surface area contributed by atoms with Gasteiger partial charge in [-0.15, -0.1) is 0 Å². The molecule has 4 heteroatoms. The zero-order chi connectivity index (χ0) is 13.5. The van der Waals surface area contributed by atoms with Gasteiger partial charge in [-0.25, -0.2) is 0 Å². The molecule has 0 bridgehead atoms. The zero-order valence-corrected chi connectivity index (χ0v) is 13.2. The Morgan fingerprint density at radius 2 is 2.06 bits per heavy atom. The molecule has 18 heavy (non-hydrogen) atoms. The van der Waals surface area contributed by atoms with Gasteiger partial charge in [0, 0.05) is 10.9 Å². The second kappa shape index (κ2) is 7.85. The summed E-state index contributed by atoms with van der Waals surface area (Å²) in [5, 5.41) is 8.07. The van der Waals surface area contributed by atoms with Gasteiger partial charge in [0.15, 0.2) is 0 Å². The van der Waals surface area contributed by atoms with Crippen LogP contribution in [0.3, 0.4) is 0 Å². The van der Waals surface area contributed by atoms with Crippen molar-refractivity contribution in [1.82, 2.24) is 15.1 Å². The van der Waals surface area contributed by atoms with Crippen molar-refractivity contribution in [1.29, 1.82) is 0 Å². The SMILES string of the molecule is CS[C@@H](C)CCN(C)CCCc1c(C)n[nH]c1C. The molecule has 0 spiro atoms. The lowest BCUT2D eigenvalue weighted by Crippen LogP contribution is -2.23. The quantitative estimate of drug-likeness (QED) is 0.787. The second-order valence-electron chi connectivity index (χ2n) is 5.15. The third-order valence-electron chi connectivity index (χ3n) is 3.57. The van der Waals surface area contributed by atoms with Crippen LogP contribution in [0, 0.1) is 13.8 Å². The Bertz CT molecular complexity index is 329. The summed E-state index contributed by atoms with van der Waals surface area (Å²) in [6.07, 6.45) is 5.82. The van der Waals surface area contributed by atoms with Crippen LogP contribution >= 0.6 is 11.8 Å². The number of hydrogen-bond donors (Lipinski definition) is 1. The molecule has 0 saturated heterocycles. The van der Waals surface area contributed by atoms with Gasteiger partial charge in [-0.1, -0.05) is 6.92 Å². The van der Waals surface area contributed by atoms with E-state index in [0.29, 0.717) is 0 Å². The van der Waals surface area contributed by atoms with E-state index in [0.717, 1.165) is 17.4 Å². The molecule has 3 nitrogen and oxygen atoms in total. The number of nitrogens with one attached hydrogen (secondary N) is 1. The van der Waals surface area contributed by atoms with Crippen molar-refractivity contribution in [2.75, 3.05) is 26.4 Å². The Morgan fingerprint density at radius 3 is 2.61 bits per heavy atom. The van der Waals surface area contributed by atoms with Crippen LogP contribution in [0.25, 0.3) is 0 Å². The lowest BCUT2D eigenvalue weighted by atomic mass is 10.1. The van der Waals surface area contributed by atoms with Crippen molar-refractivity contribution in [3.8, 4) is 0 Å². The van der Waals surface area contributed by atoms with Crippen molar-refractivity contribution in [3.05, 3.63) is 17.0 Å². The Labute approximate surface area is 116 Å². The lowest BCUT2D eigenvalue weighted by Gasteiger charge is -2.18. The Balaban J connectivity index is 2.21. The summed E-state index contributed by atoms with van der Waals surface area (Å²) in [7, 11) is 2.22. The highest BCUT2D eigenvalue weighted by Gasteiger charge is 2.07. The zero-order valence-electron chi connectivity index (χ0n) is 12.4. The van der Waals surface area contributed by atoms with E-state index in [1.807, 2.05) is 11.8 Å². The fraction of sp³-hybridized carbons (Fsp3) is 0.786. The molecule has 0 aliphatic rings. The first-order valence-electron chi connectivity index (χ1n) is 6.76. The molecule has 1 rings (SSSR count). The Morgan fingerprint density at radius 1 is 1.33 bits per heavy atom. The summed E-state index contributed by atoms with van der Waals surface area (Å²) in [5.41, 5.74) is 3.79. The first kappa shape index (κ1) is 15.6. The van der Waals surface area contributed by atoms with Gasteiger partial charge in [0.1, 0.15) is 0 Å². The van der Waals surface area contributed by atoms with E-state index in [4.69, 9.17) is 0 Å².